The van der Waals surface area contributed by atoms with Gasteiger partial charge in [-0.1, -0.05) is 0 Å². The first-order chi connectivity index (χ1) is 23.1. The Balaban J connectivity index is 2.93. The summed E-state index contributed by atoms with van der Waals surface area (Å²) < 4.78 is 167. The molecule has 21 heteroatoms. The fraction of sp³-hybridized carbons (Fsp3) is 0.138. The number of nitrogens with zero attached hydrogens (tertiary/aromatic N) is 9. The van der Waals surface area contributed by atoms with E-state index in [1.165, 1.54) is 6.07 Å². The monoisotopic (exact) mass is 705 g/mol. The van der Waals surface area contributed by atoms with E-state index in [4.69, 9.17) is 0 Å². The average Bonchev–Trinajstić information content (AvgIpc) is 3.02. The van der Waals surface area contributed by atoms with E-state index in [0.29, 0.717) is 0 Å². The van der Waals surface area contributed by atoms with E-state index >= 15 is 0 Å². The number of aromatic nitrogens is 2. The second kappa shape index (κ2) is 12.8. The normalized spacial score (nSPS) is 12.9. The molecule has 0 aliphatic rings. The smallest absolute Gasteiger partial charge is 0.250 e. The Morgan fingerprint density at radius 1 is 0.480 bits per heavy atom. The van der Waals surface area contributed by atoms with Crippen molar-refractivity contribution >= 4 is 11.1 Å². The van der Waals surface area contributed by atoms with Crippen molar-refractivity contribution in [3.63, 3.8) is 0 Å². The molecule has 0 unspecified atom stereocenters. The molecule has 0 spiro atoms. The first kappa shape index (κ1) is 37.3. The van der Waals surface area contributed by atoms with Gasteiger partial charge in [0.1, 0.15) is 36.4 Å². The van der Waals surface area contributed by atoms with Gasteiger partial charge in [-0.25, -0.2) is 9.97 Å². The highest BCUT2D eigenvalue weighted by Crippen LogP contribution is 2.45. The van der Waals surface area contributed by atoms with Gasteiger partial charge in [-0.3, -0.25) is 0 Å². The van der Waals surface area contributed by atoms with Crippen LogP contribution < -0.4 is 10.4 Å². The number of benzene rings is 1. The number of hydrogen-bond donors (Lipinski definition) is 0. The summed E-state index contributed by atoms with van der Waals surface area (Å²) in [6, 6.07) is 7.90. The summed E-state index contributed by atoms with van der Waals surface area (Å²) in [5, 5.41) is 65.9. The summed E-state index contributed by atoms with van der Waals surface area (Å²) in [6.45, 7) is 0. The highest BCUT2D eigenvalue weighted by atomic mass is 19.4. The van der Waals surface area contributed by atoms with Crippen LogP contribution in [0.4, 0.5) is 52.7 Å². The number of pyridine rings is 2. The van der Waals surface area contributed by atoms with E-state index in [9.17, 15) is 89.5 Å². The minimum Gasteiger partial charge on any atom is -0.250 e. The van der Waals surface area contributed by atoms with Crippen LogP contribution in [0.3, 0.4) is 0 Å². The third kappa shape index (κ3) is 6.38. The van der Waals surface area contributed by atoms with Gasteiger partial charge >= 0.3 is 24.7 Å². The van der Waals surface area contributed by atoms with Crippen LogP contribution in [0.5, 0.6) is 0 Å². The molecule has 0 radical (unpaired) electrons. The van der Waals surface area contributed by atoms with E-state index in [2.05, 4.69) is 9.97 Å². The van der Waals surface area contributed by atoms with Gasteiger partial charge in [-0.15, -0.1) is 0 Å². The Kier molecular flexibility index (Phi) is 9.55. The third-order valence-corrected chi connectivity index (χ3v) is 6.42. The molecule has 2 aromatic heterocycles. The standard InChI is InChI=1S/C29H3F12N9/c30-26(31,32)22-20(12(3-43)9-49-24(22)28(36,37)38)16(6-46)14-1-11(2-42)19(17(7-47)15(14)5-45)18(8-48)21-13(4-44)10-50-25(29(39,40)41)23(21)27(33,34)35/h1,9-10H/b16-14-,19-18-. The number of nitriles is 7. The Morgan fingerprint density at radius 2 is 0.860 bits per heavy atom. The van der Waals surface area contributed by atoms with Crippen molar-refractivity contribution in [3.05, 3.63) is 90.4 Å². The van der Waals surface area contributed by atoms with Crippen LogP contribution in [-0.2, 0) is 24.7 Å². The lowest BCUT2D eigenvalue weighted by Gasteiger charge is -2.20. The van der Waals surface area contributed by atoms with Crippen LogP contribution in [0.2, 0.25) is 0 Å². The van der Waals surface area contributed by atoms with E-state index < -0.39 is 108 Å². The van der Waals surface area contributed by atoms with Gasteiger partial charge in [0.2, 0.25) is 0 Å². The van der Waals surface area contributed by atoms with Crippen molar-refractivity contribution in [1.82, 2.24) is 9.97 Å². The van der Waals surface area contributed by atoms with E-state index in [0.717, 1.165) is 36.4 Å². The molecule has 3 rings (SSSR count). The van der Waals surface area contributed by atoms with Gasteiger partial charge in [-0.2, -0.15) is 89.5 Å². The highest BCUT2D eigenvalue weighted by Gasteiger charge is 2.49. The molecule has 0 atom stereocenters. The molecule has 0 amide bonds. The maximum atomic E-state index is 14.2. The van der Waals surface area contributed by atoms with Crippen molar-refractivity contribution in [2.45, 2.75) is 24.7 Å². The van der Waals surface area contributed by atoms with E-state index in [-0.39, 0.29) is 18.5 Å². The summed E-state index contributed by atoms with van der Waals surface area (Å²) in [5.74, 6) is 0. The largest absolute Gasteiger partial charge is 0.433 e. The highest BCUT2D eigenvalue weighted by molar-refractivity contribution is 5.87. The van der Waals surface area contributed by atoms with Crippen molar-refractivity contribution in [3.8, 4) is 42.5 Å². The summed E-state index contributed by atoms with van der Waals surface area (Å²) in [5.41, 5.74) is -24.8. The van der Waals surface area contributed by atoms with Crippen LogP contribution >= 0.6 is 0 Å². The molecular weight excluding hydrogens is 702 g/mol. The molecule has 0 bridgehead atoms. The van der Waals surface area contributed by atoms with Crippen LogP contribution in [0.1, 0.15) is 61.5 Å². The van der Waals surface area contributed by atoms with Gasteiger partial charge in [0.25, 0.3) is 0 Å². The second-order valence-electron chi connectivity index (χ2n) is 9.16. The first-order valence-corrected chi connectivity index (χ1v) is 12.2. The zero-order valence-electron chi connectivity index (χ0n) is 23.3. The molecule has 248 valence electrons. The molecule has 3 aromatic rings. The Bertz CT molecular complexity index is 2400. The maximum absolute atomic E-state index is 14.2. The Labute approximate surface area is 268 Å². The lowest BCUT2D eigenvalue weighted by Crippen LogP contribution is -2.29. The number of alkyl halides is 12. The molecule has 50 heavy (non-hydrogen) atoms. The van der Waals surface area contributed by atoms with Crippen molar-refractivity contribution in [2.24, 2.45) is 0 Å². The minimum atomic E-state index is -6.07. The molecule has 0 saturated heterocycles. The summed E-state index contributed by atoms with van der Waals surface area (Å²) in [7, 11) is 0. The molecule has 0 saturated carbocycles. The van der Waals surface area contributed by atoms with Crippen molar-refractivity contribution in [2.75, 3.05) is 0 Å². The van der Waals surface area contributed by atoms with Gasteiger partial charge < -0.3 is 0 Å². The lowest BCUT2D eigenvalue weighted by molar-refractivity contribution is -0.164. The second-order valence-corrected chi connectivity index (χ2v) is 9.16. The van der Waals surface area contributed by atoms with Crippen LogP contribution in [0.25, 0.3) is 11.1 Å². The van der Waals surface area contributed by atoms with Crippen molar-refractivity contribution < 1.29 is 52.7 Å². The minimum absolute atomic E-state index is 0.0209. The summed E-state index contributed by atoms with van der Waals surface area (Å²) >= 11 is 0. The van der Waals surface area contributed by atoms with Gasteiger partial charge in [0, 0.05) is 34.0 Å². The van der Waals surface area contributed by atoms with Gasteiger partial charge in [-0.05, 0) is 6.07 Å². The fourth-order valence-electron chi connectivity index (χ4n) is 4.64. The predicted octanol–water partition coefficient (Wildman–Crippen LogP) is 5.36. The first-order valence-electron chi connectivity index (χ1n) is 12.2. The fourth-order valence-corrected chi connectivity index (χ4v) is 4.64. The van der Waals surface area contributed by atoms with Gasteiger partial charge in [0.15, 0.2) is 11.4 Å². The van der Waals surface area contributed by atoms with Crippen LogP contribution in [-0.4, -0.2) is 9.97 Å². The molecule has 9 nitrogen and oxygen atoms in total. The Hall–Kier alpha value is -7.15. The van der Waals surface area contributed by atoms with Crippen LogP contribution in [0.15, 0.2) is 18.5 Å². The third-order valence-electron chi connectivity index (χ3n) is 6.42. The van der Waals surface area contributed by atoms with E-state index in [1.807, 2.05) is 0 Å². The summed E-state index contributed by atoms with van der Waals surface area (Å²) in [4.78, 5) is 5.23. The maximum Gasteiger partial charge on any atom is 0.433 e. The SMILES string of the molecule is N#C/C(c1c(C#N)cnc(C(F)(F)F)c1C(F)(F)F)=c1\cc(C#N)/c(=C(\C#N)c2c(C#N)cnc(C(F)(F)F)c2C(F)(F)F)c(C#N)c1C#N. The number of halogens is 12. The quantitative estimate of drug-likeness (QED) is 0.316. The Morgan fingerprint density at radius 3 is 1.16 bits per heavy atom. The predicted molar refractivity (Wildman–Crippen MR) is 134 cm³/mol. The topological polar surface area (TPSA) is 192 Å². The van der Waals surface area contributed by atoms with Crippen molar-refractivity contribution in [1.29, 1.82) is 36.8 Å². The number of hydrogen-bond acceptors (Lipinski definition) is 9. The average molecular weight is 705 g/mol. The zero-order chi connectivity index (χ0) is 38.1. The summed E-state index contributed by atoms with van der Waals surface area (Å²) in [6.07, 6.45) is -24.0. The molecule has 0 aliphatic carbocycles. The zero-order valence-corrected chi connectivity index (χ0v) is 23.3. The van der Waals surface area contributed by atoms with Crippen LogP contribution in [0, 0.1) is 79.3 Å². The molecular formula is C29H3F12N9. The molecule has 0 aliphatic heterocycles. The molecule has 2 heterocycles. The molecule has 0 N–H and O–H groups in total. The van der Waals surface area contributed by atoms with Gasteiger partial charge in [0.05, 0.1) is 56.2 Å². The molecule has 0 fully saturated rings. The molecule has 1 aromatic carbocycles. The lowest BCUT2D eigenvalue weighted by atomic mass is 9.87. The number of rotatable bonds is 2. The van der Waals surface area contributed by atoms with E-state index in [1.54, 1.807) is 0 Å².